The van der Waals surface area contributed by atoms with Crippen LogP contribution in [0.5, 0.6) is 0 Å². The number of nitrogens with zero attached hydrogens (tertiary/aromatic N) is 2. The van der Waals surface area contributed by atoms with E-state index in [1.807, 2.05) is 33.8 Å². The van der Waals surface area contributed by atoms with Crippen LogP contribution in [-0.2, 0) is 20.9 Å². The van der Waals surface area contributed by atoms with Crippen molar-refractivity contribution in [3.8, 4) is 0 Å². The normalized spacial score (nSPS) is 12.3. The Bertz CT molecular complexity index is 466. The third-order valence-electron chi connectivity index (χ3n) is 2.49. The van der Waals surface area contributed by atoms with Crippen LogP contribution in [0.25, 0.3) is 0 Å². The lowest BCUT2D eigenvalue weighted by atomic mass is 10.3. The second-order valence-electron chi connectivity index (χ2n) is 4.88. The average molecular weight is 267 g/mol. The zero-order valence-corrected chi connectivity index (χ0v) is 12.1. The van der Waals surface area contributed by atoms with Crippen molar-refractivity contribution in [3.05, 3.63) is 17.5 Å². The van der Waals surface area contributed by atoms with Gasteiger partial charge in [0, 0.05) is 11.7 Å². The van der Waals surface area contributed by atoms with E-state index in [1.54, 1.807) is 11.6 Å². The van der Waals surface area contributed by atoms with Gasteiger partial charge in [0.15, 0.2) is 6.10 Å². The number of hydrogen-bond acceptors (Lipinski definition) is 4. The highest BCUT2D eigenvalue weighted by Crippen LogP contribution is 2.03. The predicted octanol–water partition coefficient (Wildman–Crippen LogP) is 0.956. The van der Waals surface area contributed by atoms with Crippen LogP contribution < -0.4 is 5.32 Å². The molecule has 6 nitrogen and oxygen atoms in total. The fourth-order valence-corrected chi connectivity index (χ4v) is 1.65. The molecule has 0 saturated heterocycles. The third kappa shape index (κ3) is 4.73. The number of hydrogen-bond donors (Lipinski definition) is 1. The minimum Gasteiger partial charge on any atom is -0.451 e. The number of carbonyl (C=O) groups excluding carboxylic acids is 2. The average Bonchev–Trinajstić information content (AvgIpc) is 2.55. The molecule has 1 heterocycles. The summed E-state index contributed by atoms with van der Waals surface area (Å²) in [4.78, 5) is 23.3. The Balaban J connectivity index is 2.51. The maximum absolute atomic E-state index is 11.7. The zero-order valence-electron chi connectivity index (χ0n) is 12.1. The molecular formula is C13H21N3O3. The van der Waals surface area contributed by atoms with E-state index in [1.165, 1.54) is 0 Å². The van der Waals surface area contributed by atoms with Crippen LogP contribution >= 0.6 is 0 Å². The first-order valence-electron chi connectivity index (χ1n) is 6.30. The highest BCUT2D eigenvalue weighted by Gasteiger charge is 2.19. The van der Waals surface area contributed by atoms with Gasteiger partial charge in [-0.1, -0.05) is 0 Å². The highest BCUT2D eigenvalue weighted by molar-refractivity contribution is 5.83. The lowest BCUT2D eigenvalue weighted by Crippen LogP contribution is -2.40. The van der Waals surface area contributed by atoms with Crippen molar-refractivity contribution in [1.29, 1.82) is 0 Å². The predicted molar refractivity (Wildman–Crippen MR) is 70.5 cm³/mol. The van der Waals surface area contributed by atoms with E-state index in [0.717, 1.165) is 11.4 Å². The van der Waals surface area contributed by atoms with E-state index >= 15 is 0 Å². The second kappa shape index (κ2) is 6.36. The van der Waals surface area contributed by atoms with Crippen molar-refractivity contribution < 1.29 is 14.3 Å². The number of ether oxygens (including phenoxy) is 1. The lowest BCUT2D eigenvalue weighted by Gasteiger charge is -2.15. The lowest BCUT2D eigenvalue weighted by molar-refractivity contribution is -0.155. The molecule has 0 spiro atoms. The Labute approximate surface area is 113 Å². The van der Waals surface area contributed by atoms with Crippen LogP contribution in [0.15, 0.2) is 6.07 Å². The molecule has 6 heteroatoms. The van der Waals surface area contributed by atoms with Gasteiger partial charge in [-0.05, 0) is 40.7 Å². The molecule has 0 saturated carbocycles. The van der Waals surface area contributed by atoms with E-state index in [2.05, 4.69) is 10.4 Å². The first kappa shape index (κ1) is 15.2. The molecule has 0 aliphatic heterocycles. The van der Waals surface area contributed by atoms with Gasteiger partial charge in [0.2, 0.25) is 0 Å². The largest absolute Gasteiger partial charge is 0.451 e. The number of amides is 1. The Hall–Kier alpha value is -1.85. The summed E-state index contributed by atoms with van der Waals surface area (Å²) in [5.41, 5.74) is 1.73. The molecule has 1 amide bonds. The quantitative estimate of drug-likeness (QED) is 0.806. The van der Waals surface area contributed by atoms with Gasteiger partial charge >= 0.3 is 5.97 Å². The molecule has 1 aromatic rings. The Kier molecular flexibility index (Phi) is 5.09. The van der Waals surface area contributed by atoms with Gasteiger partial charge in [-0.3, -0.25) is 14.3 Å². The summed E-state index contributed by atoms with van der Waals surface area (Å²) in [7, 11) is 0. The number of aromatic nitrogens is 2. The second-order valence-corrected chi connectivity index (χ2v) is 4.88. The molecule has 0 aliphatic carbocycles. The monoisotopic (exact) mass is 267 g/mol. The summed E-state index contributed by atoms with van der Waals surface area (Å²) in [5.74, 6) is -0.769. The van der Waals surface area contributed by atoms with E-state index in [-0.39, 0.29) is 18.5 Å². The van der Waals surface area contributed by atoms with E-state index in [4.69, 9.17) is 4.74 Å². The molecule has 0 aliphatic rings. The third-order valence-corrected chi connectivity index (χ3v) is 2.49. The molecule has 0 radical (unpaired) electrons. The Morgan fingerprint density at radius 1 is 1.37 bits per heavy atom. The van der Waals surface area contributed by atoms with Crippen LogP contribution in [-0.4, -0.2) is 33.8 Å². The van der Waals surface area contributed by atoms with Crippen molar-refractivity contribution in [2.75, 3.05) is 0 Å². The molecule has 1 rings (SSSR count). The van der Waals surface area contributed by atoms with Crippen LogP contribution in [0.3, 0.4) is 0 Å². The molecule has 1 atom stereocenters. The molecule has 1 N–H and O–H groups in total. The minimum atomic E-state index is -0.799. The van der Waals surface area contributed by atoms with Crippen molar-refractivity contribution in [2.24, 2.45) is 0 Å². The molecule has 1 aromatic heterocycles. The number of esters is 1. The topological polar surface area (TPSA) is 73.2 Å². The fourth-order valence-electron chi connectivity index (χ4n) is 1.65. The molecule has 19 heavy (non-hydrogen) atoms. The molecule has 0 fully saturated rings. The Morgan fingerprint density at radius 2 is 2.00 bits per heavy atom. The van der Waals surface area contributed by atoms with Crippen LogP contribution in [0.4, 0.5) is 0 Å². The number of rotatable bonds is 5. The summed E-state index contributed by atoms with van der Waals surface area (Å²) in [6, 6.07) is 1.90. The van der Waals surface area contributed by atoms with E-state index < -0.39 is 12.1 Å². The molecule has 0 aromatic carbocycles. The maximum atomic E-state index is 11.7. The summed E-state index contributed by atoms with van der Waals surface area (Å²) in [6.07, 6.45) is -0.799. The zero-order chi connectivity index (χ0) is 14.6. The number of aryl methyl sites for hydroxylation is 2. The van der Waals surface area contributed by atoms with Gasteiger partial charge in [0.05, 0.1) is 5.69 Å². The summed E-state index contributed by atoms with van der Waals surface area (Å²) < 4.78 is 6.63. The van der Waals surface area contributed by atoms with Gasteiger partial charge in [0.1, 0.15) is 6.54 Å². The summed E-state index contributed by atoms with van der Waals surface area (Å²) in [6.45, 7) is 8.98. The van der Waals surface area contributed by atoms with Crippen LogP contribution in [0.2, 0.25) is 0 Å². The van der Waals surface area contributed by atoms with Crippen molar-refractivity contribution in [3.63, 3.8) is 0 Å². The highest BCUT2D eigenvalue weighted by atomic mass is 16.5. The first-order chi connectivity index (χ1) is 8.79. The van der Waals surface area contributed by atoms with Gasteiger partial charge < -0.3 is 10.1 Å². The first-order valence-corrected chi connectivity index (χ1v) is 6.30. The molecular weight excluding hydrogens is 246 g/mol. The molecule has 0 unspecified atom stereocenters. The smallest absolute Gasteiger partial charge is 0.328 e. The summed E-state index contributed by atoms with van der Waals surface area (Å²) in [5, 5.41) is 6.85. The van der Waals surface area contributed by atoms with Crippen molar-refractivity contribution in [2.45, 2.75) is 53.3 Å². The standard InChI is InChI=1S/C13H21N3O3/c1-8(2)14-13(18)11(5)19-12(17)7-16-10(4)6-9(3)15-16/h6,8,11H,7H2,1-5H3,(H,14,18)/t11-/m0/s1. The van der Waals surface area contributed by atoms with E-state index in [9.17, 15) is 9.59 Å². The van der Waals surface area contributed by atoms with Crippen LogP contribution in [0.1, 0.15) is 32.2 Å². The number of carbonyl (C=O) groups is 2. The SMILES string of the molecule is Cc1cc(C)n(CC(=O)O[C@@H](C)C(=O)NC(C)C)n1. The van der Waals surface area contributed by atoms with Gasteiger partial charge in [-0.15, -0.1) is 0 Å². The van der Waals surface area contributed by atoms with E-state index in [0.29, 0.717) is 0 Å². The molecule has 0 bridgehead atoms. The van der Waals surface area contributed by atoms with Crippen molar-refractivity contribution in [1.82, 2.24) is 15.1 Å². The van der Waals surface area contributed by atoms with Crippen LogP contribution in [0, 0.1) is 13.8 Å². The van der Waals surface area contributed by atoms with Gasteiger partial charge in [-0.2, -0.15) is 5.10 Å². The fraction of sp³-hybridized carbons (Fsp3) is 0.615. The maximum Gasteiger partial charge on any atom is 0.328 e. The summed E-state index contributed by atoms with van der Waals surface area (Å²) >= 11 is 0. The van der Waals surface area contributed by atoms with Gasteiger partial charge in [-0.25, -0.2) is 0 Å². The number of nitrogens with one attached hydrogen (secondary N) is 1. The Morgan fingerprint density at radius 3 is 2.47 bits per heavy atom. The minimum absolute atomic E-state index is 0.0129. The van der Waals surface area contributed by atoms with Crippen molar-refractivity contribution >= 4 is 11.9 Å². The molecule has 106 valence electrons. The van der Waals surface area contributed by atoms with Gasteiger partial charge in [0.25, 0.3) is 5.91 Å².